The first-order valence-corrected chi connectivity index (χ1v) is 7.57. The van der Waals surface area contributed by atoms with Gasteiger partial charge in [-0.25, -0.2) is 13.4 Å². The number of aromatic nitrogens is 1. The lowest BCUT2D eigenvalue weighted by Crippen LogP contribution is -2.30. The zero-order valence-corrected chi connectivity index (χ0v) is 11.5. The molecular formula is C12H19N3O2S. The number of hydrogen-bond acceptors (Lipinski definition) is 4. The van der Waals surface area contributed by atoms with E-state index in [0.717, 1.165) is 6.42 Å². The summed E-state index contributed by atoms with van der Waals surface area (Å²) in [5.41, 5.74) is 5.91. The van der Waals surface area contributed by atoms with E-state index in [1.807, 2.05) is 0 Å². The molecular weight excluding hydrogens is 250 g/mol. The van der Waals surface area contributed by atoms with Gasteiger partial charge in [-0.15, -0.1) is 0 Å². The van der Waals surface area contributed by atoms with Crippen molar-refractivity contribution in [3.8, 4) is 0 Å². The first-order chi connectivity index (χ1) is 8.43. The average molecular weight is 269 g/mol. The summed E-state index contributed by atoms with van der Waals surface area (Å²) in [5.74, 6) is 0.913. The standard InChI is InChI=1S/C12H19N3O2S/c1-9(2)10-5-7-15(8-10)18(16,17)12-11(13)4-3-6-14-12/h3-4,6,9-10H,5,7-8,13H2,1-2H3. The van der Waals surface area contributed by atoms with Gasteiger partial charge in [-0.2, -0.15) is 4.31 Å². The van der Waals surface area contributed by atoms with Crippen LogP contribution in [0, 0.1) is 11.8 Å². The highest BCUT2D eigenvalue weighted by Crippen LogP contribution is 2.29. The third kappa shape index (κ3) is 2.35. The molecule has 2 heterocycles. The van der Waals surface area contributed by atoms with Crippen molar-refractivity contribution in [1.29, 1.82) is 0 Å². The number of nitrogens with two attached hydrogens (primary N) is 1. The van der Waals surface area contributed by atoms with Crippen molar-refractivity contribution < 1.29 is 8.42 Å². The van der Waals surface area contributed by atoms with E-state index in [2.05, 4.69) is 18.8 Å². The molecule has 1 atom stereocenters. The fraction of sp³-hybridized carbons (Fsp3) is 0.583. The summed E-state index contributed by atoms with van der Waals surface area (Å²) in [6, 6.07) is 3.20. The second kappa shape index (κ2) is 4.85. The number of nitrogen functional groups attached to an aromatic ring is 1. The van der Waals surface area contributed by atoms with E-state index < -0.39 is 10.0 Å². The molecule has 5 nitrogen and oxygen atoms in total. The first-order valence-electron chi connectivity index (χ1n) is 6.13. The van der Waals surface area contributed by atoms with Gasteiger partial charge in [0.2, 0.25) is 0 Å². The Morgan fingerprint density at radius 1 is 1.50 bits per heavy atom. The van der Waals surface area contributed by atoms with Gasteiger partial charge < -0.3 is 5.73 Å². The van der Waals surface area contributed by atoms with Gasteiger partial charge in [-0.05, 0) is 30.4 Å². The predicted molar refractivity (Wildman–Crippen MR) is 70.4 cm³/mol. The Bertz CT molecular complexity index is 528. The van der Waals surface area contributed by atoms with Crippen molar-refractivity contribution in [2.75, 3.05) is 18.8 Å². The summed E-state index contributed by atoms with van der Waals surface area (Å²) >= 11 is 0. The highest BCUT2D eigenvalue weighted by molar-refractivity contribution is 7.89. The molecule has 2 rings (SSSR count). The lowest BCUT2D eigenvalue weighted by molar-refractivity contribution is 0.388. The minimum absolute atomic E-state index is 0.0191. The third-order valence-corrected chi connectivity index (χ3v) is 5.36. The Morgan fingerprint density at radius 2 is 2.22 bits per heavy atom. The van der Waals surface area contributed by atoms with Crippen LogP contribution in [0.3, 0.4) is 0 Å². The maximum Gasteiger partial charge on any atom is 0.262 e. The van der Waals surface area contributed by atoms with Crippen LogP contribution in [0.2, 0.25) is 0 Å². The Labute approximate surface area is 108 Å². The molecule has 0 spiro atoms. The largest absolute Gasteiger partial charge is 0.396 e. The van der Waals surface area contributed by atoms with Crippen molar-refractivity contribution in [3.05, 3.63) is 18.3 Å². The van der Waals surface area contributed by atoms with Crippen LogP contribution in [-0.4, -0.2) is 30.8 Å². The highest BCUT2D eigenvalue weighted by atomic mass is 32.2. The van der Waals surface area contributed by atoms with E-state index in [1.54, 1.807) is 12.1 Å². The quantitative estimate of drug-likeness (QED) is 0.898. The average Bonchev–Trinajstić information content (AvgIpc) is 2.79. The molecule has 0 radical (unpaired) electrons. The monoisotopic (exact) mass is 269 g/mol. The Morgan fingerprint density at radius 3 is 2.78 bits per heavy atom. The SMILES string of the molecule is CC(C)C1CCN(S(=O)(=O)c2ncccc2N)C1. The van der Waals surface area contributed by atoms with Gasteiger partial charge in [-0.1, -0.05) is 13.8 Å². The fourth-order valence-corrected chi connectivity index (χ4v) is 3.80. The number of hydrogen-bond donors (Lipinski definition) is 1. The summed E-state index contributed by atoms with van der Waals surface area (Å²) in [6.07, 6.45) is 2.36. The summed E-state index contributed by atoms with van der Waals surface area (Å²) in [5, 5.41) is -0.0191. The van der Waals surface area contributed by atoms with Crippen molar-refractivity contribution >= 4 is 15.7 Å². The molecule has 2 N–H and O–H groups in total. The number of rotatable bonds is 3. The van der Waals surface area contributed by atoms with E-state index in [-0.39, 0.29) is 10.7 Å². The first kappa shape index (κ1) is 13.3. The molecule has 6 heteroatoms. The molecule has 1 fully saturated rings. The number of sulfonamides is 1. The number of anilines is 1. The van der Waals surface area contributed by atoms with E-state index >= 15 is 0 Å². The molecule has 0 bridgehead atoms. The zero-order valence-electron chi connectivity index (χ0n) is 10.7. The smallest absolute Gasteiger partial charge is 0.262 e. The lowest BCUT2D eigenvalue weighted by Gasteiger charge is -2.18. The molecule has 1 aliphatic heterocycles. The normalized spacial score (nSPS) is 21.6. The summed E-state index contributed by atoms with van der Waals surface area (Å²) in [4.78, 5) is 3.91. The lowest BCUT2D eigenvalue weighted by atomic mass is 9.96. The summed E-state index contributed by atoms with van der Waals surface area (Å²) in [7, 11) is -3.54. The number of nitrogens with zero attached hydrogens (tertiary/aromatic N) is 2. The molecule has 18 heavy (non-hydrogen) atoms. The molecule has 100 valence electrons. The molecule has 1 aliphatic rings. The summed E-state index contributed by atoms with van der Waals surface area (Å²) in [6.45, 7) is 5.36. The zero-order chi connectivity index (χ0) is 13.3. The molecule has 0 aliphatic carbocycles. The molecule has 1 aromatic rings. The van der Waals surface area contributed by atoms with Crippen LogP contribution in [0.1, 0.15) is 20.3 Å². The maximum atomic E-state index is 12.4. The number of pyridine rings is 1. The van der Waals surface area contributed by atoms with E-state index in [1.165, 1.54) is 10.5 Å². The molecule has 0 amide bonds. The van der Waals surface area contributed by atoms with E-state index in [9.17, 15) is 8.42 Å². The van der Waals surface area contributed by atoms with Crippen LogP contribution in [0.15, 0.2) is 23.4 Å². The van der Waals surface area contributed by atoms with Gasteiger partial charge in [0.15, 0.2) is 5.03 Å². The Hall–Kier alpha value is -1.14. The van der Waals surface area contributed by atoms with Gasteiger partial charge in [0.1, 0.15) is 0 Å². The molecule has 1 aromatic heterocycles. The van der Waals surface area contributed by atoms with Crippen LogP contribution >= 0.6 is 0 Å². The predicted octanol–water partition coefficient (Wildman–Crippen LogP) is 1.33. The third-order valence-electron chi connectivity index (χ3n) is 3.52. The van der Waals surface area contributed by atoms with E-state index in [0.29, 0.717) is 24.9 Å². The van der Waals surface area contributed by atoms with Crippen molar-refractivity contribution in [1.82, 2.24) is 9.29 Å². The topological polar surface area (TPSA) is 76.3 Å². The van der Waals surface area contributed by atoms with Crippen molar-refractivity contribution in [3.63, 3.8) is 0 Å². The van der Waals surface area contributed by atoms with Crippen LogP contribution in [-0.2, 0) is 10.0 Å². The molecule has 0 saturated carbocycles. The summed E-state index contributed by atoms with van der Waals surface area (Å²) < 4.78 is 26.3. The molecule has 0 aromatic carbocycles. The van der Waals surface area contributed by atoms with Gasteiger partial charge in [0, 0.05) is 19.3 Å². The second-order valence-electron chi connectivity index (χ2n) is 5.05. The minimum Gasteiger partial charge on any atom is -0.396 e. The van der Waals surface area contributed by atoms with Crippen LogP contribution in [0.4, 0.5) is 5.69 Å². The fourth-order valence-electron chi connectivity index (χ4n) is 2.26. The van der Waals surface area contributed by atoms with Gasteiger partial charge in [-0.3, -0.25) is 0 Å². The highest BCUT2D eigenvalue weighted by Gasteiger charge is 2.35. The Balaban J connectivity index is 2.26. The van der Waals surface area contributed by atoms with Crippen molar-refractivity contribution in [2.45, 2.75) is 25.3 Å². The maximum absolute atomic E-state index is 12.4. The van der Waals surface area contributed by atoms with Gasteiger partial charge in [0.25, 0.3) is 10.0 Å². The minimum atomic E-state index is -3.54. The molecule has 1 unspecified atom stereocenters. The van der Waals surface area contributed by atoms with Crippen LogP contribution < -0.4 is 5.73 Å². The Kier molecular flexibility index (Phi) is 3.59. The molecule has 1 saturated heterocycles. The second-order valence-corrected chi connectivity index (χ2v) is 6.91. The van der Waals surface area contributed by atoms with Crippen LogP contribution in [0.5, 0.6) is 0 Å². The van der Waals surface area contributed by atoms with Crippen LogP contribution in [0.25, 0.3) is 0 Å². The van der Waals surface area contributed by atoms with Crippen molar-refractivity contribution in [2.24, 2.45) is 11.8 Å². The van der Waals surface area contributed by atoms with Gasteiger partial charge >= 0.3 is 0 Å². The van der Waals surface area contributed by atoms with Gasteiger partial charge in [0.05, 0.1) is 5.69 Å². The van der Waals surface area contributed by atoms with E-state index in [4.69, 9.17) is 5.73 Å².